The SMILES string of the molecule is CC(C)COc1cc(N)ccc1C1CCC(=O)NC1=O. The molecule has 1 fully saturated rings. The van der Waals surface area contributed by atoms with Crippen molar-refractivity contribution in [2.45, 2.75) is 32.6 Å². The fourth-order valence-electron chi connectivity index (χ4n) is 2.21. The van der Waals surface area contributed by atoms with Crippen molar-refractivity contribution in [2.24, 2.45) is 5.92 Å². The number of ether oxygens (including phenoxy) is 1. The highest BCUT2D eigenvalue weighted by Gasteiger charge is 2.30. The molecule has 2 rings (SSSR count). The van der Waals surface area contributed by atoms with Gasteiger partial charge < -0.3 is 10.5 Å². The van der Waals surface area contributed by atoms with Crippen molar-refractivity contribution in [1.82, 2.24) is 5.32 Å². The van der Waals surface area contributed by atoms with Gasteiger partial charge in [-0.15, -0.1) is 0 Å². The average Bonchev–Trinajstić information content (AvgIpc) is 2.37. The molecule has 2 amide bonds. The molecule has 1 aliphatic rings. The van der Waals surface area contributed by atoms with E-state index in [1.165, 1.54) is 0 Å². The van der Waals surface area contributed by atoms with E-state index in [0.717, 1.165) is 5.56 Å². The van der Waals surface area contributed by atoms with E-state index >= 15 is 0 Å². The van der Waals surface area contributed by atoms with Gasteiger partial charge in [0.15, 0.2) is 0 Å². The molecule has 0 aliphatic carbocycles. The number of nitrogens with one attached hydrogen (secondary N) is 1. The zero-order chi connectivity index (χ0) is 14.7. The second-order valence-electron chi connectivity index (χ2n) is 5.51. The topological polar surface area (TPSA) is 81.4 Å². The van der Waals surface area contributed by atoms with E-state index in [2.05, 4.69) is 19.2 Å². The van der Waals surface area contributed by atoms with Gasteiger partial charge in [-0.05, 0) is 18.4 Å². The lowest BCUT2D eigenvalue weighted by Crippen LogP contribution is -2.39. The van der Waals surface area contributed by atoms with Crippen molar-refractivity contribution in [3.8, 4) is 5.75 Å². The van der Waals surface area contributed by atoms with Crippen LogP contribution in [0.2, 0.25) is 0 Å². The van der Waals surface area contributed by atoms with Gasteiger partial charge in [-0.2, -0.15) is 0 Å². The van der Waals surface area contributed by atoms with Crippen molar-refractivity contribution in [2.75, 3.05) is 12.3 Å². The van der Waals surface area contributed by atoms with Gasteiger partial charge in [0.05, 0.1) is 12.5 Å². The highest BCUT2D eigenvalue weighted by Crippen LogP contribution is 2.33. The molecule has 1 aromatic carbocycles. The van der Waals surface area contributed by atoms with E-state index < -0.39 is 0 Å². The first-order valence-electron chi connectivity index (χ1n) is 6.83. The van der Waals surface area contributed by atoms with Crippen LogP contribution in [0, 0.1) is 5.92 Å². The molecule has 0 spiro atoms. The lowest BCUT2D eigenvalue weighted by atomic mass is 9.89. The summed E-state index contributed by atoms with van der Waals surface area (Å²) in [5.74, 6) is 0.182. The molecule has 0 bridgehead atoms. The van der Waals surface area contributed by atoms with Crippen molar-refractivity contribution >= 4 is 17.5 Å². The van der Waals surface area contributed by atoms with E-state index in [1.807, 2.05) is 6.07 Å². The van der Waals surface area contributed by atoms with Crippen LogP contribution in [0.15, 0.2) is 18.2 Å². The Morgan fingerprint density at radius 2 is 2.15 bits per heavy atom. The molecule has 0 saturated carbocycles. The van der Waals surface area contributed by atoms with Gasteiger partial charge in [-0.3, -0.25) is 14.9 Å². The monoisotopic (exact) mass is 276 g/mol. The van der Waals surface area contributed by atoms with Crippen LogP contribution in [-0.2, 0) is 9.59 Å². The minimum Gasteiger partial charge on any atom is -0.493 e. The van der Waals surface area contributed by atoms with Crippen LogP contribution in [0.4, 0.5) is 5.69 Å². The molecule has 1 aromatic rings. The standard InChI is InChI=1S/C15H20N2O3/c1-9(2)8-20-13-7-10(16)3-4-11(13)12-5-6-14(18)17-15(12)19/h3-4,7,9,12H,5-6,8,16H2,1-2H3,(H,17,18,19). The fraction of sp³-hybridized carbons (Fsp3) is 0.467. The van der Waals surface area contributed by atoms with Crippen LogP contribution in [0.5, 0.6) is 5.75 Å². The summed E-state index contributed by atoms with van der Waals surface area (Å²) < 4.78 is 5.76. The Balaban J connectivity index is 2.25. The number of carbonyl (C=O) groups is 2. The summed E-state index contributed by atoms with van der Waals surface area (Å²) in [6, 6.07) is 5.30. The first-order valence-corrected chi connectivity index (χ1v) is 6.83. The molecule has 0 aromatic heterocycles. The number of hydrogen-bond donors (Lipinski definition) is 2. The zero-order valence-electron chi connectivity index (χ0n) is 11.8. The lowest BCUT2D eigenvalue weighted by molar-refractivity contribution is -0.134. The van der Waals surface area contributed by atoms with Crippen molar-refractivity contribution < 1.29 is 14.3 Å². The second kappa shape index (κ2) is 5.94. The van der Waals surface area contributed by atoms with Crippen LogP contribution in [0.3, 0.4) is 0 Å². The second-order valence-corrected chi connectivity index (χ2v) is 5.51. The maximum Gasteiger partial charge on any atom is 0.234 e. The molecule has 20 heavy (non-hydrogen) atoms. The summed E-state index contributed by atoms with van der Waals surface area (Å²) in [7, 11) is 0. The number of benzene rings is 1. The van der Waals surface area contributed by atoms with E-state index in [9.17, 15) is 9.59 Å². The summed E-state index contributed by atoms with van der Waals surface area (Å²) in [6.07, 6.45) is 0.858. The van der Waals surface area contributed by atoms with Gasteiger partial charge in [0.25, 0.3) is 0 Å². The number of hydrogen-bond acceptors (Lipinski definition) is 4. The molecule has 5 heteroatoms. The molecule has 1 aliphatic heterocycles. The molecule has 1 unspecified atom stereocenters. The molecular formula is C15H20N2O3. The maximum atomic E-state index is 12.0. The number of nitrogens with two attached hydrogens (primary N) is 1. The Morgan fingerprint density at radius 1 is 1.40 bits per heavy atom. The number of carbonyl (C=O) groups excluding carboxylic acids is 2. The zero-order valence-corrected chi connectivity index (χ0v) is 11.8. The summed E-state index contributed by atoms with van der Waals surface area (Å²) in [4.78, 5) is 23.2. The Kier molecular flexibility index (Phi) is 4.27. The molecule has 108 valence electrons. The normalized spacial score (nSPS) is 19.1. The molecule has 1 saturated heterocycles. The Morgan fingerprint density at radius 3 is 2.80 bits per heavy atom. The Hall–Kier alpha value is -2.04. The van der Waals surface area contributed by atoms with E-state index in [-0.39, 0.29) is 17.7 Å². The van der Waals surface area contributed by atoms with Crippen LogP contribution in [-0.4, -0.2) is 18.4 Å². The van der Waals surface area contributed by atoms with E-state index in [4.69, 9.17) is 10.5 Å². The fourth-order valence-corrected chi connectivity index (χ4v) is 2.21. The average molecular weight is 276 g/mol. The molecule has 0 radical (unpaired) electrons. The molecule has 3 N–H and O–H groups in total. The van der Waals surface area contributed by atoms with Gasteiger partial charge in [-0.1, -0.05) is 19.9 Å². The highest BCUT2D eigenvalue weighted by molar-refractivity contribution is 6.01. The number of rotatable bonds is 4. The van der Waals surface area contributed by atoms with Gasteiger partial charge >= 0.3 is 0 Å². The quantitative estimate of drug-likeness (QED) is 0.649. The van der Waals surface area contributed by atoms with Crippen molar-refractivity contribution in [3.63, 3.8) is 0 Å². The molecule has 1 atom stereocenters. The van der Waals surface area contributed by atoms with Crippen molar-refractivity contribution in [3.05, 3.63) is 23.8 Å². The van der Waals surface area contributed by atoms with Crippen LogP contribution in [0.1, 0.15) is 38.2 Å². The summed E-state index contributed by atoms with van der Waals surface area (Å²) in [5, 5.41) is 2.37. The first kappa shape index (κ1) is 14.4. The number of amides is 2. The van der Waals surface area contributed by atoms with Crippen LogP contribution < -0.4 is 15.8 Å². The molecule has 5 nitrogen and oxygen atoms in total. The van der Waals surface area contributed by atoms with Crippen LogP contribution >= 0.6 is 0 Å². The van der Waals surface area contributed by atoms with Crippen LogP contribution in [0.25, 0.3) is 0 Å². The van der Waals surface area contributed by atoms with Gasteiger partial charge in [0.1, 0.15) is 5.75 Å². The van der Waals surface area contributed by atoms with E-state index in [1.54, 1.807) is 12.1 Å². The van der Waals surface area contributed by atoms with Gasteiger partial charge in [0, 0.05) is 23.7 Å². The third kappa shape index (κ3) is 3.29. The largest absolute Gasteiger partial charge is 0.493 e. The molecule has 1 heterocycles. The number of anilines is 1. The summed E-state index contributed by atoms with van der Waals surface area (Å²) in [6.45, 7) is 4.67. The summed E-state index contributed by atoms with van der Waals surface area (Å²) >= 11 is 0. The van der Waals surface area contributed by atoms with Gasteiger partial charge in [-0.25, -0.2) is 0 Å². The smallest absolute Gasteiger partial charge is 0.234 e. The predicted molar refractivity (Wildman–Crippen MR) is 76.3 cm³/mol. The third-order valence-electron chi connectivity index (χ3n) is 3.22. The predicted octanol–water partition coefficient (Wildman–Crippen LogP) is 1.82. The number of nitrogen functional groups attached to an aromatic ring is 1. The summed E-state index contributed by atoms with van der Waals surface area (Å²) in [5.41, 5.74) is 7.18. The minimum atomic E-state index is -0.351. The number of piperidine rings is 1. The Labute approximate surface area is 118 Å². The molecular weight excluding hydrogens is 256 g/mol. The van der Waals surface area contributed by atoms with Gasteiger partial charge in [0.2, 0.25) is 11.8 Å². The Bertz CT molecular complexity index is 526. The first-order chi connectivity index (χ1) is 9.47. The van der Waals surface area contributed by atoms with Crippen molar-refractivity contribution in [1.29, 1.82) is 0 Å². The minimum absolute atomic E-state index is 0.216. The third-order valence-corrected chi connectivity index (χ3v) is 3.22. The maximum absolute atomic E-state index is 12.0. The van der Waals surface area contributed by atoms with E-state index in [0.29, 0.717) is 36.8 Å². The number of imide groups is 1. The lowest BCUT2D eigenvalue weighted by Gasteiger charge is -2.23. The highest BCUT2D eigenvalue weighted by atomic mass is 16.5.